The van der Waals surface area contributed by atoms with E-state index in [1.807, 2.05) is 43.1 Å². The van der Waals surface area contributed by atoms with Gasteiger partial charge in [0.2, 0.25) is 5.91 Å². The summed E-state index contributed by atoms with van der Waals surface area (Å²) in [6.45, 7) is 7.47. The van der Waals surface area contributed by atoms with Crippen LogP contribution in [-0.4, -0.2) is 52.2 Å². The van der Waals surface area contributed by atoms with Crippen molar-refractivity contribution in [3.63, 3.8) is 0 Å². The number of fused-ring (bicyclic) bond motifs is 1. The van der Waals surface area contributed by atoms with E-state index in [4.69, 9.17) is 4.98 Å². The number of nitrogens with one attached hydrogen (secondary N) is 1. The molecule has 5 rings (SSSR count). The number of hydrogen-bond donors (Lipinski definition) is 1. The van der Waals surface area contributed by atoms with E-state index in [9.17, 15) is 10.1 Å². The number of nitriles is 1. The van der Waals surface area contributed by atoms with Gasteiger partial charge in [-0.2, -0.15) is 10.4 Å². The van der Waals surface area contributed by atoms with Crippen molar-refractivity contribution in [2.24, 2.45) is 5.92 Å². The van der Waals surface area contributed by atoms with Gasteiger partial charge in [-0.05, 0) is 49.9 Å². The van der Waals surface area contributed by atoms with E-state index in [1.54, 1.807) is 0 Å². The molecule has 1 aromatic carbocycles. The Kier molecular flexibility index (Phi) is 5.55. The molecule has 8 heteroatoms. The Morgan fingerprint density at radius 3 is 2.67 bits per heavy atom. The number of amides is 1. The van der Waals surface area contributed by atoms with Gasteiger partial charge in [0.25, 0.3) is 0 Å². The number of carbonyl (C=O) groups is 1. The number of rotatable bonds is 5. The normalized spacial score (nSPS) is 16.0. The number of benzene rings is 1. The third kappa shape index (κ3) is 4.19. The van der Waals surface area contributed by atoms with Gasteiger partial charge in [0.1, 0.15) is 5.82 Å². The molecule has 0 radical (unpaired) electrons. The van der Waals surface area contributed by atoms with Crippen LogP contribution in [-0.2, 0) is 11.3 Å². The van der Waals surface area contributed by atoms with E-state index in [0.29, 0.717) is 23.8 Å². The van der Waals surface area contributed by atoms with E-state index in [-0.39, 0.29) is 5.92 Å². The lowest BCUT2D eigenvalue weighted by Gasteiger charge is -2.35. The first-order valence-electron chi connectivity index (χ1n) is 11.4. The molecule has 3 aromatic rings. The van der Waals surface area contributed by atoms with Gasteiger partial charge in [-0.25, -0.2) is 4.98 Å². The topological polar surface area (TPSA) is 98.0 Å². The van der Waals surface area contributed by atoms with Crippen LogP contribution in [0.2, 0.25) is 0 Å². The van der Waals surface area contributed by atoms with Gasteiger partial charge in [0.15, 0.2) is 5.82 Å². The van der Waals surface area contributed by atoms with Crippen LogP contribution in [0.3, 0.4) is 0 Å². The molecule has 1 amide bonds. The number of anilines is 2. The molecule has 33 heavy (non-hydrogen) atoms. The second-order valence-electron chi connectivity index (χ2n) is 8.86. The first-order chi connectivity index (χ1) is 16.0. The van der Waals surface area contributed by atoms with E-state index in [2.05, 4.69) is 32.5 Å². The summed E-state index contributed by atoms with van der Waals surface area (Å²) in [5.74, 6) is 2.17. The van der Waals surface area contributed by atoms with Crippen LogP contribution in [0.1, 0.15) is 35.2 Å². The van der Waals surface area contributed by atoms with Crippen LogP contribution < -0.4 is 10.2 Å². The minimum atomic E-state index is 0.267. The highest BCUT2D eigenvalue weighted by Crippen LogP contribution is 2.32. The van der Waals surface area contributed by atoms with Crippen LogP contribution in [0.5, 0.6) is 0 Å². The van der Waals surface area contributed by atoms with Gasteiger partial charge < -0.3 is 15.1 Å². The zero-order valence-corrected chi connectivity index (χ0v) is 19.0. The Morgan fingerprint density at radius 1 is 1.15 bits per heavy atom. The molecule has 1 saturated carbocycles. The fourth-order valence-electron chi connectivity index (χ4n) is 4.38. The number of hydrogen-bond acceptors (Lipinski definition) is 7. The first kappa shape index (κ1) is 21.1. The summed E-state index contributed by atoms with van der Waals surface area (Å²) in [6, 6.07) is 10.1. The molecule has 168 valence electrons. The number of nitrogens with zero attached hydrogens (tertiary/aromatic N) is 6. The van der Waals surface area contributed by atoms with E-state index in [0.717, 1.165) is 72.4 Å². The molecular formula is C25H27N7O. The summed E-state index contributed by atoms with van der Waals surface area (Å²) < 4.78 is 0. The number of pyridine rings is 1. The second kappa shape index (κ2) is 8.66. The number of carbonyl (C=O) groups excluding carboxylic acids is 1. The molecule has 2 fully saturated rings. The third-order valence-electron chi connectivity index (χ3n) is 6.69. The zero-order valence-electron chi connectivity index (χ0n) is 19.0. The number of aryl methyl sites for hydroxylation is 1. The zero-order chi connectivity index (χ0) is 22.9. The van der Waals surface area contributed by atoms with Crippen LogP contribution >= 0.6 is 0 Å². The van der Waals surface area contributed by atoms with Gasteiger partial charge in [-0.1, -0.05) is 12.1 Å². The van der Waals surface area contributed by atoms with Crippen LogP contribution in [0.25, 0.3) is 10.8 Å². The van der Waals surface area contributed by atoms with Crippen molar-refractivity contribution in [2.45, 2.75) is 33.2 Å². The lowest BCUT2D eigenvalue weighted by molar-refractivity contribution is -0.132. The Bertz CT molecular complexity index is 1250. The highest BCUT2D eigenvalue weighted by molar-refractivity contribution is 5.94. The SMILES string of the molecule is Cc1c(C#N)cccc1CNc1nnc(C)c2cnc(N3CCN(C(=O)C4CC4)CC3)cc12. The van der Waals surface area contributed by atoms with Gasteiger partial charge in [0, 0.05) is 55.6 Å². The van der Waals surface area contributed by atoms with Crippen molar-refractivity contribution in [2.75, 3.05) is 36.4 Å². The highest BCUT2D eigenvalue weighted by Gasteiger charge is 2.34. The van der Waals surface area contributed by atoms with Crippen LogP contribution in [0.4, 0.5) is 11.6 Å². The van der Waals surface area contributed by atoms with Gasteiger partial charge in [-0.3, -0.25) is 4.79 Å². The predicted molar refractivity (Wildman–Crippen MR) is 127 cm³/mol. The third-order valence-corrected chi connectivity index (χ3v) is 6.69. The summed E-state index contributed by atoms with van der Waals surface area (Å²) in [6.07, 6.45) is 3.95. The Balaban J connectivity index is 1.37. The van der Waals surface area contributed by atoms with Crippen molar-refractivity contribution in [3.8, 4) is 6.07 Å². The summed E-state index contributed by atoms with van der Waals surface area (Å²) >= 11 is 0. The molecule has 1 aliphatic carbocycles. The summed E-state index contributed by atoms with van der Waals surface area (Å²) in [4.78, 5) is 21.3. The number of aromatic nitrogens is 3. The van der Waals surface area contributed by atoms with E-state index >= 15 is 0 Å². The van der Waals surface area contributed by atoms with Gasteiger partial charge >= 0.3 is 0 Å². The monoisotopic (exact) mass is 441 g/mol. The summed E-state index contributed by atoms with van der Waals surface area (Å²) in [5, 5.41) is 23.4. The minimum absolute atomic E-state index is 0.267. The van der Waals surface area contributed by atoms with Crippen molar-refractivity contribution in [1.29, 1.82) is 5.26 Å². The fourth-order valence-corrected chi connectivity index (χ4v) is 4.38. The van der Waals surface area contributed by atoms with E-state index in [1.165, 1.54) is 0 Å². The van der Waals surface area contributed by atoms with Gasteiger partial charge in [-0.15, -0.1) is 5.10 Å². The van der Waals surface area contributed by atoms with Crippen molar-refractivity contribution in [3.05, 3.63) is 52.8 Å². The standard InChI is InChI=1S/C25H27N7O/c1-16-19(13-26)4-3-5-20(16)14-28-24-21-12-23(27-15-22(21)17(2)29-30-24)31-8-10-32(11-9-31)25(33)18-6-7-18/h3-5,12,15,18H,6-11,14H2,1-2H3,(H,28,30). The molecule has 2 aromatic heterocycles. The fraction of sp³-hybridized carbons (Fsp3) is 0.400. The molecule has 0 bridgehead atoms. The molecule has 2 aliphatic rings. The molecular weight excluding hydrogens is 414 g/mol. The Hall–Kier alpha value is -3.73. The Labute approximate surface area is 193 Å². The maximum Gasteiger partial charge on any atom is 0.225 e. The average Bonchev–Trinajstić information content (AvgIpc) is 3.69. The predicted octanol–water partition coefficient (Wildman–Crippen LogP) is 3.18. The molecule has 1 saturated heterocycles. The molecule has 1 N–H and O–H groups in total. The minimum Gasteiger partial charge on any atom is -0.364 e. The molecule has 8 nitrogen and oxygen atoms in total. The van der Waals surface area contributed by atoms with Crippen LogP contribution in [0.15, 0.2) is 30.5 Å². The maximum atomic E-state index is 12.4. The quantitative estimate of drug-likeness (QED) is 0.649. The highest BCUT2D eigenvalue weighted by atomic mass is 16.2. The van der Waals surface area contributed by atoms with E-state index < -0.39 is 0 Å². The maximum absolute atomic E-state index is 12.4. The second-order valence-corrected chi connectivity index (χ2v) is 8.86. The molecule has 0 atom stereocenters. The van der Waals surface area contributed by atoms with Crippen molar-refractivity contribution >= 4 is 28.3 Å². The molecule has 0 spiro atoms. The average molecular weight is 442 g/mol. The molecule has 3 heterocycles. The summed E-state index contributed by atoms with van der Waals surface area (Å²) in [7, 11) is 0. The smallest absolute Gasteiger partial charge is 0.225 e. The lowest BCUT2D eigenvalue weighted by atomic mass is 10.0. The largest absolute Gasteiger partial charge is 0.364 e. The molecule has 1 aliphatic heterocycles. The van der Waals surface area contributed by atoms with Crippen LogP contribution in [0, 0.1) is 31.1 Å². The lowest BCUT2D eigenvalue weighted by Crippen LogP contribution is -2.49. The van der Waals surface area contributed by atoms with Crippen molar-refractivity contribution < 1.29 is 4.79 Å². The van der Waals surface area contributed by atoms with Gasteiger partial charge in [0.05, 0.1) is 17.3 Å². The Morgan fingerprint density at radius 2 is 1.94 bits per heavy atom. The number of piperazine rings is 1. The summed E-state index contributed by atoms with van der Waals surface area (Å²) in [5.41, 5.74) is 3.53. The first-order valence-corrected chi connectivity index (χ1v) is 11.4. The van der Waals surface area contributed by atoms with Crippen molar-refractivity contribution in [1.82, 2.24) is 20.1 Å². The molecule has 0 unspecified atom stereocenters.